The van der Waals surface area contributed by atoms with Gasteiger partial charge in [-0.25, -0.2) is 4.79 Å². The molecule has 0 atom stereocenters. The van der Waals surface area contributed by atoms with Crippen molar-refractivity contribution in [3.8, 4) is 0 Å². The van der Waals surface area contributed by atoms with Gasteiger partial charge in [-0.15, -0.1) is 0 Å². The Hall–Kier alpha value is -1.77. The van der Waals surface area contributed by atoms with Gasteiger partial charge in [-0.3, -0.25) is 9.79 Å². The van der Waals surface area contributed by atoms with Crippen molar-refractivity contribution in [2.45, 2.75) is 5.75 Å². The first-order valence-electron chi connectivity index (χ1n) is 8.22. The highest BCUT2D eigenvalue weighted by atomic mass is 79.9. The summed E-state index contributed by atoms with van der Waals surface area (Å²) in [5.41, 5.74) is 1.98. The molecule has 0 saturated carbocycles. The first-order valence-corrected chi connectivity index (χ1v) is 11.0. The van der Waals surface area contributed by atoms with E-state index in [-0.39, 0.29) is 12.5 Å². The number of rotatable bonds is 6. The summed E-state index contributed by atoms with van der Waals surface area (Å²) >= 11 is 6.69. The van der Waals surface area contributed by atoms with Crippen LogP contribution in [0.5, 0.6) is 0 Å². The minimum atomic E-state index is -0.503. The maximum absolute atomic E-state index is 12.4. The third kappa shape index (κ3) is 6.12. The largest absolute Gasteiger partial charge is 0.452 e. The number of nitrogens with zero attached hydrogens (tertiary/aromatic N) is 1. The predicted molar refractivity (Wildman–Crippen MR) is 116 cm³/mol. The number of carbonyl (C=O) groups excluding carboxylic acids is 2. The summed E-state index contributed by atoms with van der Waals surface area (Å²) in [6, 6.07) is 14.5. The maximum atomic E-state index is 12.4. The monoisotopic (exact) mass is 464 g/mol. The van der Waals surface area contributed by atoms with Crippen LogP contribution < -0.4 is 5.32 Å². The molecule has 0 saturated heterocycles. The molecule has 2 aromatic rings. The van der Waals surface area contributed by atoms with Gasteiger partial charge in [-0.05, 0) is 29.8 Å². The molecule has 1 N–H and O–H groups in total. The molecule has 1 amide bonds. The lowest BCUT2D eigenvalue weighted by Gasteiger charge is -2.10. The van der Waals surface area contributed by atoms with E-state index < -0.39 is 5.97 Å². The third-order valence-electron chi connectivity index (χ3n) is 3.59. The SMILES string of the molecule is O=C(COC(=O)c1ccccc1CSC1=NCCS1)Nc1cccc(Br)c1. The van der Waals surface area contributed by atoms with Gasteiger partial charge in [0, 0.05) is 21.7 Å². The summed E-state index contributed by atoms with van der Waals surface area (Å²) < 4.78 is 7.10. The Balaban J connectivity index is 1.55. The van der Waals surface area contributed by atoms with Crippen LogP contribution in [0.4, 0.5) is 5.69 Å². The number of carbonyl (C=O) groups is 2. The zero-order valence-electron chi connectivity index (χ0n) is 14.3. The first-order chi connectivity index (χ1) is 13.1. The number of benzene rings is 2. The Morgan fingerprint density at radius 1 is 1.22 bits per heavy atom. The molecule has 0 aromatic heterocycles. The van der Waals surface area contributed by atoms with E-state index in [1.54, 1.807) is 47.8 Å². The summed E-state index contributed by atoms with van der Waals surface area (Å²) in [5, 5.41) is 2.70. The highest BCUT2D eigenvalue weighted by Crippen LogP contribution is 2.26. The number of thioether (sulfide) groups is 2. The molecule has 0 unspecified atom stereocenters. The quantitative estimate of drug-likeness (QED) is 0.633. The molecule has 0 bridgehead atoms. The van der Waals surface area contributed by atoms with Crippen molar-refractivity contribution in [3.05, 3.63) is 64.1 Å². The van der Waals surface area contributed by atoms with Crippen molar-refractivity contribution in [2.75, 3.05) is 24.2 Å². The van der Waals surface area contributed by atoms with Crippen molar-refractivity contribution in [1.29, 1.82) is 0 Å². The van der Waals surface area contributed by atoms with E-state index in [0.29, 0.717) is 17.0 Å². The number of anilines is 1. The molecular formula is C19H17BrN2O3S2. The van der Waals surface area contributed by atoms with Crippen molar-refractivity contribution >= 4 is 61.4 Å². The van der Waals surface area contributed by atoms with Gasteiger partial charge in [0.1, 0.15) is 4.38 Å². The predicted octanol–water partition coefficient (Wildman–Crippen LogP) is 4.58. The molecule has 0 fully saturated rings. The Morgan fingerprint density at radius 2 is 2.07 bits per heavy atom. The second kappa shape index (κ2) is 9.96. The van der Waals surface area contributed by atoms with E-state index in [1.165, 1.54) is 0 Å². The second-order valence-electron chi connectivity index (χ2n) is 5.58. The Kier molecular flexibility index (Phi) is 7.37. The maximum Gasteiger partial charge on any atom is 0.338 e. The number of esters is 1. The number of aliphatic imine (C=N–C) groups is 1. The highest BCUT2D eigenvalue weighted by molar-refractivity contribution is 9.10. The van der Waals surface area contributed by atoms with Gasteiger partial charge in [0.15, 0.2) is 6.61 Å². The van der Waals surface area contributed by atoms with Gasteiger partial charge >= 0.3 is 5.97 Å². The van der Waals surface area contributed by atoms with Gasteiger partial charge in [0.2, 0.25) is 0 Å². The fourth-order valence-corrected chi connectivity index (χ4v) is 4.77. The standard InChI is InChI=1S/C19H17BrN2O3S2/c20-14-5-3-6-15(10-14)22-17(23)11-25-18(24)16-7-2-1-4-13(16)12-27-19-21-8-9-26-19/h1-7,10H,8-9,11-12H2,(H,22,23). The Bertz CT molecular complexity index is 874. The fourth-order valence-electron chi connectivity index (χ4n) is 2.36. The molecule has 2 aromatic carbocycles. The molecule has 1 heterocycles. The molecule has 1 aliphatic heterocycles. The Morgan fingerprint density at radius 3 is 2.85 bits per heavy atom. The van der Waals surface area contributed by atoms with Gasteiger partial charge < -0.3 is 10.1 Å². The minimum Gasteiger partial charge on any atom is -0.452 e. The van der Waals surface area contributed by atoms with E-state index in [2.05, 4.69) is 26.2 Å². The number of amides is 1. The smallest absolute Gasteiger partial charge is 0.338 e. The van der Waals surface area contributed by atoms with E-state index >= 15 is 0 Å². The topological polar surface area (TPSA) is 67.8 Å². The van der Waals surface area contributed by atoms with Crippen LogP contribution in [0.15, 0.2) is 58.0 Å². The lowest BCUT2D eigenvalue weighted by atomic mass is 10.1. The lowest BCUT2D eigenvalue weighted by molar-refractivity contribution is -0.119. The average Bonchev–Trinajstić information content (AvgIpc) is 3.18. The van der Waals surface area contributed by atoms with Gasteiger partial charge in [0.25, 0.3) is 5.91 Å². The van der Waals surface area contributed by atoms with Crippen LogP contribution in [0, 0.1) is 0 Å². The van der Waals surface area contributed by atoms with Gasteiger partial charge in [0.05, 0.1) is 12.1 Å². The number of ether oxygens (including phenoxy) is 1. The van der Waals surface area contributed by atoms with Gasteiger partial charge in [-0.2, -0.15) is 0 Å². The fraction of sp³-hybridized carbons (Fsp3) is 0.211. The summed E-state index contributed by atoms with van der Waals surface area (Å²) in [6.07, 6.45) is 0. The molecule has 5 nitrogen and oxygen atoms in total. The van der Waals surface area contributed by atoms with Crippen LogP contribution in [0.1, 0.15) is 15.9 Å². The number of hydrogen-bond acceptors (Lipinski definition) is 6. The molecule has 0 aliphatic carbocycles. The van der Waals surface area contributed by atoms with Crippen molar-refractivity contribution < 1.29 is 14.3 Å². The van der Waals surface area contributed by atoms with Crippen LogP contribution in [0.25, 0.3) is 0 Å². The van der Waals surface area contributed by atoms with Crippen molar-refractivity contribution in [3.63, 3.8) is 0 Å². The zero-order valence-corrected chi connectivity index (χ0v) is 17.5. The summed E-state index contributed by atoms with van der Waals surface area (Å²) in [7, 11) is 0. The van der Waals surface area contributed by atoms with Crippen molar-refractivity contribution in [2.24, 2.45) is 4.99 Å². The van der Waals surface area contributed by atoms with Crippen LogP contribution in [0.2, 0.25) is 0 Å². The molecule has 1 aliphatic rings. The van der Waals surface area contributed by atoms with E-state index in [0.717, 1.165) is 26.7 Å². The number of hydrogen-bond donors (Lipinski definition) is 1. The molecule has 0 radical (unpaired) electrons. The summed E-state index contributed by atoms with van der Waals surface area (Å²) in [4.78, 5) is 28.8. The van der Waals surface area contributed by atoms with Crippen LogP contribution in [-0.4, -0.2) is 35.2 Å². The molecule has 140 valence electrons. The number of nitrogens with one attached hydrogen (secondary N) is 1. The summed E-state index contributed by atoms with van der Waals surface area (Å²) in [6.45, 7) is 0.513. The average molecular weight is 465 g/mol. The summed E-state index contributed by atoms with van der Waals surface area (Å²) in [5.74, 6) is 0.766. The highest BCUT2D eigenvalue weighted by Gasteiger charge is 2.16. The third-order valence-corrected chi connectivity index (χ3v) is 6.38. The molecule has 3 rings (SSSR count). The van der Waals surface area contributed by atoms with Crippen LogP contribution in [0.3, 0.4) is 0 Å². The van der Waals surface area contributed by atoms with E-state index in [4.69, 9.17) is 4.74 Å². The first kappa shape index (κ1) is 20.0. The van der Waals surface area contributed by atoms with Gasteiger partial charge in [-0.1, -0.05) is 63.7 Å². The molecular weight excluding hydrogens is 448 g/mol. The zero-order chi connectivity index (χ0) is 19.1. The Labute approximate surface area is 174 Å². The molecule has 0 spiro atoms. The van der Waals surface area contributed by atoms with Crippen LogP contribution in [-0.2, 0) is 15.3 Å². The normalized spacial score (nSPS) is 13.1. The van der Waals surface area contributed by atoms with E-state index in [9.17, 15) is 9.59 Å². The molecule has 27 heavy (non-hydrogen) atoms. The van der Waals surface area contributed by atoms with Crippen molar-refractivity contribution in [1.82, 2.24) is 0 Å². The minimum absolute atomic E-state index is 0.338. The van der Waals surface area contributed by atoms with Crippen LogP contribution >= 0.6 is 39.5 Å². The molecule has 8 heteroatoms. The van der Waals surface area contributed by atoms with E-state index in [1.807, 2.05) is 24.3 Å². The second-order valence-corrected chi connectivity index (χ2v) is 8.80. The lowest BCUT2D eigenvalue weighted by Crippen LogP contribution is -2.21. The number of halogens is 1.